The zero-order chi connectivity index (χ0) is 15.6. The van der Waals surface area contributed by atoms with Crippen LogP contribution in [0.5, 0.6) is 5.75 Å². The van der Waals surface area contributed by atoms with Crippen LogP contribution in [-0.2, 0) is 6.42 Å². The third kappa shape index (κ3) is 3.00. The number of rotatable bonds is 5. The number of ether oxygens (including phenoxy) is 1. The Morgan fingerprint density at radius 2 is 1.87 bits per heavy atom. The third-order valence-corrected chi connectivity index (χ3v) is 4.24. The standard InChI is InChI=1S/C18H19N3O2/c22-18-20-15-7-13(6-12-4-2-1-3-5-12)8-16(17(15)21-18)23-11-14-9-19-10-14/h1-5,7-8,14,19H,6,9-11H2,(H2,20,21,22). The predicted molar refractivity (Wildman–Crippen MR) is 90.0 cm³/mol. The van der Waals surface area contributed by atoms with Crippen LogP contribution < -0.4 is 15.7 Å². The Hall–Kier alpha value is -2.53. The summed E-state index contributed by atoms with van der Waals surface area (Å²) in [7, 11) is 0. The van der Waals surface area contributed by atoms with Crippen LogP contribution in [0.25, 0.3) is 11.0 Å². The van der Waals surface area contributed by atoms with Crippen LogP contribution in [0.4, 0.5) is 0 Å². The number of fused-ring (bicyclic) bond motifs is 1. The summed E-state index contributed by atoms with van der Waals surface area (Å²) in [5, 5.41) is 3.24. The van der Waals surface area contributed by atoms with Gasteiger partial charge in [-0.2, -0.15) is 0 Å². The van der Waals surface area contributed by atoms with Crippen molar-refractivity contribution in [3.05, 3.63) is 64.1 Å². The van der Waals surface area contributed by atoms with Gasteiger partial charge in [-0.05, 0) is 29.7 Å². The van der Waals surface area contributed by atoms with Crippen LogP contribution in [0, 0.1) is 5.92 Å². The van der Waals surface area contributed by atoms with E-state index in [0.29, 0.717) is 12.5 Å². The van der Waals surface area contributed by atoms with Gasteiger partial charge in [-0.15, -0.1) is 0 Å². The molecule has 5 nitrogen and oxygen atoms in total. The van der Waals surface area contributed by atoms with Crippen LogP contribution >= 0.6 is 0 Å². The lowest BCUT2D eigenvalue weighted by atomic mass is 10.0. The molecule has 0 amide bonds. The highest BCUT2D eigenvalue weighted by atomic mass is 16.5. The zero-order valence-electron chi connectivity index (χ0n) is 12.8. The summed E-state index contributed by atoms with van der Waals surface area (Å²) >= 11 is 0. The second-order valence-corrected chi connectivity index (χ2v) is 6.09. The molecule has 0 atom stereocenters. The molecule has 1 aromatic heterocycles. The summed E-state index contributed by atoms with van der Waals surface area (Å²) < 4.78 is 5.98. The Balaban J connectivity index is 1.66. The molecule has 4 rings (SSSR count). The minimum atomic E-state index is -0.202. The maximum atomic E-state index is 11.6. The second kappa shape index (κ2) is 5.93. The molecule has 2 heterocycles. The maximum Gasteiger partial charge on any atom is 0.323 e. The number of nitrogens with one attached hydrogen (secondary N) is 3. The fourth-order valence-electron chi connectivity index (χ4n) is 2.89. The van der Waals surface area contributed by atoms with E-state index in [-0.39, 0.29) is 5.69 Å². The summed E-state index contributed by atoms with van der Waals surface area (Å²) in [6.45, 7) is 2.66. The van der Waals surface area contributed by atoms with Gasteiger partial charge in [0.2, 0.25) is 0 Å². The van der Waals surface area contributed by atoms with Gasteiger partial charge in [0, 0.05) is 19.0 Å². The molecule has 2 aromatic carbocycles. The van der Waals surface area contributed by atoms with Gasteiger partial charge in [0.05, 0.1) is 12.1 Å². The fourth-order valence-corrected chi connectivity index (χ4v) is 2.89. The Morgan fingerprint density at radius 1 is 1.04 bits per heavy atom. The molecule has 0 bridgehead atoms. The van der Waals surface area contributed by atoms with Crippen molar-refractivity contribution in [2.45, 2.75) is 6.42 Å². The molecule has 0 spiro atoms. The highest BCUT2D eigenvalue weighted by Crippen LogP contribution is 2.26. The molecule has 1 saturated heterocycles. The molecule has 118 valence electrons. The lowest BCUT2D eigenvalue weighted by molar-refractivity contribution is 0.200. The van der Waals surface area contributed by atoms with E-state index in [2.05, 4.69) is 27.4 Å². The molecule has 3 aromatic rings. The van der Waals surface area contributed by atoms with Crippen LogP contribution in [0.3, 0.4) is 0 Å². The summed E-state index contributed by atoms with van der Waals surface area (Å²) in [6.07, 6.45) is 0.811. The molecule has 3 N–H and O–H groups in total. The number of imidazole rings is 1. The van der Waals surface area contributed by atoms with Crippen LogP contribution in [0.15, 0.2) is 47.3 Å². The van der Waals surface area contributed by atoms with E-state index >= 15 is 0 Å². The van der Waals surface area contributed by atoms with Crippen LogP contribution in [0.2, 0.25) is 0 Å². The van der Waals surface area contributed by atoms with Gasteiger partial charge in [-0.3, -0.25) is 0 Å². The van der Waals surface area contributed by atoms with Crippen LogP contribution in [0.1, 0.15) is 11.1 Å². The minimum absolute atomic E-state index is 0.202. The molecule has 23 heavy (non-hydrogen) atoms. The number of H-pyrrole nitrogens is 2. The number of aromatic amines is 2. The average Bonchev–Trinajstić information content (AvgIpc) is 2.87. The smallest absolute Gasteiger partial charge is 0.323 e. The van der Waals surface area contributed by atoms with Crippen LogP contribution in [-0.4, -0.2) is 29.7 Å². The molecule has 5 heteroatoms. The first-order chi connectivity index (χ1) is 11.3. The van der Waals surface area contributed by atoms with Gasteiger partial charge in [0.25, 0.3) is 0 Å². The Morgan fingerprint density at radius 3 is 2.61 bits per heavy atom. The second-order valence-electron chi connectivity index (χ2n) is 6.09. The summed E-state index contributed by atoms with van der Waals surface area (Å²) in [5.74, 6) is 1.30. The van der Waals surface area contributed by atoms with Gasteiger partial charge in [-0.25, -0.2) is 4.79 Å². The van der Waals surface area contributed by atoms with Gasteiger partial charge in [-0.1, -0.05) is 30.3 Å². The van der Waals surface area contributed by atoms with Crippen molar-refractivity contribution in [2.75, 3.05) is 19.7 Å². The Kier molecular flexibility index (Phi) is 3.63. The quantitative estimate of drug-likeness (QED) is 0.675. The Labute approximate surface area is 133 Å². The first-order valence-electron chi connectivity index (χ1n) is 7.90. The van der Waals surface area contributed by atoms with E-state index in [0.717, 1.165) is 41.9 Å². The molecule has 0 radical (unpaired) electrons. The first-order valence-corrected chi connectivity index (χ1v) is 7.90. The number of benzene rings is 2. The van der Waals surface area contributed by atoms with Crippen molar-refractivity contribution < 1.29 is 4.74 Å². The number of hydrogen-bond acceptors (Lipinski definition) is 3. The lowest BCUT2D eigenvalue weighted by Gasteiger charge is -2.27. The highest BCUT2D eigenvalue weighted by molar-refractivity contribution is 5.82. The van der Waals surface area contributed by atoms with Gasteiger partial charge in [0.1, 0.15) is 11.3 Å². The van der Waals surface area contributed by atoms with Crippen molar-refractivity contribution in [1.29, 1.82) is 0 Å². The van der Waals surface area contributed by atoms with Crippen molar-refractivity contribution in [3.8, 4) is 5.75 Å². The van der Waals surface area contributed by atoms with E-state index in [1.54, 1.807) is 0 Å². The van der Waals surface area contributed by atoms with Crippen molar-refractivity contribution in [3.63, 3.8) is 0 Å². The lowest BCUT2D eigenvalue weighted by Crippen LogP contribution is -2.45. The van der Waals surface area contributed by atoms with Gasteiger partial charge < -0.3 is 20.0 Å². The topological polar surface area (TPSA) is 69.9 Å². The predicted octanol–water partition coefficient (Wildman–Crippen LogP) is 2.05. The molecule has 1 aliphatic rings. The first kappa shape index (κ1) is 14.1. The zero-order valence-corrected chi connectivity index (χ0v) is 12.8. The molecular weight excluding hydrogens is 290 g/mol. The molecule has 0 unspecified atom stereocenters. The molecular formula is C18H19N3O2. The summed E-state index contributed by atoms with van der Waals surface area (Å²) in [4.78, 5) is 17.3. The largest absolute Gasteiger partial charge is 0.491 e. The molecule has 0 saturated carbocycles. The maximum absolute atomic E-state index is 11.6. The summed E-state index contributed by atoms with van der Waals surface area (Å²) in [5.41, 5.74) is 3.70. The van der Waals surface area contributed by atoms with Crippen molar-refractivity contribution in [2.24, 2.45) is 5.92 Å². The van der Waals surface area contributed by atoms with Gasteiger partial charge >= 0.3 is 5.69 Å². The third-order valence-electron chi connectivity index (χ3n) is 4.24. The minimum Gasteiger partial charge on any atom is -0.491 e. The van der Waals surface area contributed by atoms with E-state index in [1.807, 2.05) is 30.3 Å². The SMILES string of the molecule is O=c1[nH]c2cc(Cc3ccccc3)cc(OCC3CNC3)c2[nH]1. The number of hydrogen-bond donors (Lipinski definition) is 3. The van der Waals surface area contributed by atoms with Crippen molar-refractivity contribution >= 4 is 11.0 Å². The normalized spacial score (nSPS) is 14.8. The highest BCUT2D eigenvalue weighted by Gasteiger charge is 2.18. The molecule has 1 aliphatic heterocycles. The molecule has 1 fully saturated rings. The average molecular weight is 309 g/mol. The van der Waals surface area contributed by atoms with E-state index in [9.17, 15) is 4.79 Å². The fraction of sp³-hybridized carbons (Fsp3) is 0.278. The van der Waals surface area contributed by atoms with E-state index in [4.69, 9.17) is 4.74 Å². The molecule has 0 aliphatic carbocycles. The van der Waals surface area contributed by atoms with Crippen molar-refractivity contribution in [1.82, 2.24) is 15.3 Å². The van der Waals surface area contributed by atoms with Gasteiger partial charge in [0.15, 0.2) is 0 Å². The van der Waals surface area contributed by atoms with E-state index < -0.39 is 0 Å². The monoisotopic (exact) mass is 309 g/mol. The Bertz CT molecular complexity index is 863. The van der Waals surface area contributed by atoms with E-state index in [1.165, 1.54) is 5.56 Å². The number of aromatic nitrogens is 2. The summed E-state index contributed by atoms with van der Waals surface area (Å²) in [6, 6.07) is 14.3.